The number of benzene rings is 4. The van der Waals surface area contributed by atoms with Gasteiger partial charge < -0.3 is 14.4 Å². The Morgan fingerprint density at radius 2 is 1.22 bits per heavy atom. The summed E-state index contributed by atoms with van der Waals surface area (Å²) in [5.74, 6) is 2.22. The summed E-state index contributed by atoms with van der Waals surface area (Å²) < 4.78 is 6.61. The maximum absolute atomic E-state index is 6.61. The van der Waals surface area contributed by atoms with Crippen LogP contribution in [-0.4, -0.2) is 15.0 Å². The normalized spacial score (nSPS) is 11.5. The fourth-order valence-electron chi connectivity index (χ4n) is 8.36. The van der Waals surface area contributed by atoms with Gasteiger partial charge in [0.2, 0.25) is 5.71 Å². The molecule has 8 aromatic rings. The van der Waals surface area contributed by atoms with Gasteiger partial charge in [-0.25, -0.2) is 4.98 Å². The second-order valence-corrected chi connectivity index (χ2v) is 16.9. The van der Waals surface area contributed by atoms with E-state index < -0.39 is 0 Å². The third-order valence-electron chi connectivity index (χ3n) is 11.2. The second-order valence-electron chi connectivity index (χ2n) is 16.9. The Kier molecular flexibility index (Phi) is 13.8. The largest absolute Gasteiger partial charge is 0.486 e. The smallest absolute Gasteiger partial charge is 0.216 e. The van der Waals surface area contributed by atoms with Gasteiger partial charge in [0.05, 0.1) is 11.3 Å². The van der Waals surface area contributed by atoms with Crippen LogP contribution in [0.5, 0.6) is 0 Å². The maximum atomic E-state index is 6.61. The van der Waals surface area contributed by atoms with E-state index >= 15 is 0 Å². The summed E-state index contributed by atoms with van der Waals surface area (Å²) in [7, 11) is 0. The maximum Gasteiger partial charge on any atom is 0.216 e. The van der Waals surface area contributed by atoms with Gasteiger partial charge in [-0.05, 0) is 100 Å². The van der Waals surface area contributed by atoms with Gasteiger partial charge in [-0.3, -0.25) is 0 Å². The van der Waals surface area contributed by atoms with Crippen LogP contribution >= 0.6 is 0 Å². The summed E-state index contributed by atoms with van der Waals surface area (Å²) in [4.78, 5) is 14.5. The molecular formula is C54H55IrN3O-2. The van der Waals surface area contributed by atoms with Crippen LogP contribution in [0.2, 0.25) is 0 Å². The number of rotatable bonds is 9. The van der Waals surface area contributed by atoms with Gasteiger partial charge in [0, 0.05) is 43.4 Å². The Morgan fingerprint density at radius 1 is 0.559 bits per heavy atom. The molecule has 0 N–H and O–H groups in total. The van der Waals surface area contributed by atoms with Gasteiger partial charge in [-0.15, -0.1) is 54.1 Å². The molecule has 0 saturated heterocycles. The van der Waals surface area contributed by atoms with Crippen LogP contribution in [-0.2, 0) is 20.1 Å². The van der Waals surface area contributed by atoms with Gasteiger partial charge in [-0.1, -0.05) is 133 Å². The first-order valence-corrected chi connectivity index (χ1v) is 20.8. The van der Waals surface area contributed by atoms with Crippen molar-refractivity contribution in [3.8, 4) is 44.9 Å². The summed E-state index contributed by atoms with van der Waals surface area (Å²) in [6.07, 6.45) is 3.94. The van der Waals surface area contributed by atoms with Gasteiger partial charge in [0.15, 0.2) is 0 Å². The Hall–Kier alpha value is -5.22. The van der Waals surface area contributed by atoms with E-state index in [0.29, 0.717) is 35.3 Å². The van der Waals surface area contributed by atoms with Crippen LogP contribution in [0.15, 0.2) is 126 Å². The van der Waals surface area contributed by atoms with E-state index in [1.807, 2.05) is 49.5 Å². The predicted molar refractivity (Wildman–Crippen MR) is 243 cm³/mol. The summed E-state index contributed by atoms with van der Waals surface area (Å²) >= 11 is 0. The molecule has 0 amide bonds. The Labute approximate surface area is 364 Å². The topological polar surface area (TPSA) is 51.8 Å². The number of aromatic nitrogens is 3. The van der Waals surface area contributed by atoms with Crippen molar-refractivity contribution in [3.05, 3.63) is 162 Å². The fourth-order valence-corrected chi connectivity index (χ4v) is 8.36. The Balaban J connectivity index is 0.000000354. The van der Waals surface area contributed by atoms with Crippen LogP contribution < -0.4 is 0 Å². The molecule has 0 atom stereocenters. The first-order valence-electron chi connectivity index (χ1n) is 20.8. The van der Waals surface area contributed by atoms with Gasteiger partial charge >= 0.3 is 0 Å². The molecule has 4 aromatic carbocycles. The molecule has 0 bridgehead atoms. The van der Waals surface area contributed by atoms with Crippen molar-refractivity contribution in [2.24, 2.45) is 11.8 Å². The van der Waals surface area contributed by atoms with E-state index in [1.165, 1.54) is 44.5 Å². The Bertz CT molecular complexity index is 2610. The minimum Gasteiger partial charge on any atom is -0.486 e. The molecule has 0 aliphatic rings. The second kappa shape index (κ2) is 18.8. The molecular weight excluding hydrogens is 899 g/mol. The van der Waals surface area contributed by atoms with Crippen LogP contribution in [0.3, 0.4) is 0 Å². The average Bonchev–Trinajstić information content (AvgIpc) is 3.60. The molecule has 0 aliphatic carbocycles. The van der Waals surface area contributed by atoms with Crippen molar-refractivity contribution in [1.82, 2.24) is 15.0 Å². The standard InChI is InChI=1S/C42H45N2O.C12H10N.Ir/c1-24(2)34-21-30(29-14-11-10-12-15-29)22-35(25(3)4)40(34)37-19-18-32-31-16-13-17-33(41(31)45-42(32)44-37)38-20-28(9)36(23-43-38)39(26(5)6)27(7)8;1-10-7-8-12(13-9-10)11-5-3-2-4-6-11;/h10-16,18-27,39H,1-9H3;2-5,7-9H,1H3;/q2*-1;. The number of nitrogens with zero attached hydrogens (tertiary/aromatic N) is 3. The van der Waals surface area contributed by atoms with Crippen molar-refractivity contribution in [2.75, 3.05) is 0 Å². The number of hydrogen-bond acceptors (Lipinski definition) is 4. The first kappa shape index (κ1) is 43.4. The van der Waals surface area contributed by atoms with E-state index in [-0.39, 0.29) is 20.1 Å². The molecule has 8 rings (SSSR count). The molecule has 303 valence electrons. The van der Waals surface area contributed by atoms with Crippen molar-refractivity contribution < 1.29 is 24.5 Å². The SMILES string of the molecule is Cc1cc(-c2[c-]ccc3c2oc2nc(-c4c(C(C)C)cc(-c5ccccc5)cc4C(C)C)ccc23)ncc1C(C(C)C)C(C)C.Cc1ccc(-c2[c-]cccc2)nc1.[Ir]. The summed E-state index contributed by atoms with van der Waals surface area (Å²) in [6, 6.07) is 44.5. The van der Waals surface area contributed by atoms with Crippen LogP contribution in [0, 0.1) is 37.8 Å². The van der Waals surface area contributed by atoms with E-state index in [4.69, 9.17) is 14.4 Å². The monoisotopic (exact) mass is 954 g/mol. The zero-order valence-electron chi connectivity index (χ0n) is 36.0. The van der Waals surface area contributed by atoms with Crippen molar-refractivity contribution in [3.63, 3.8) is 0 Å². The molecule has 0 unspecified atom stereocenters. The van der Waals surface area contributed by atoms with Crippen LogP contribution in [0.25, 0.3) is 67.0 Å². The molecule has 5 heteroatoms. The average molecular weight is 954 g/mol. The molecule has 4 nitrogen and oxygen atoms in total. The van der Waals surface area contributed by atoms with Gasteiger partial charge in [0.25, 0.3) is 0 Å². The van der Waals surface area contributed by atoms with Crippen molar-refractivity contribution >= 4 is 22.1 Å². The molecule has 0 fully saturated rings. The molecule has 4 aromatic heterocycles. The zero-order valence-corrected chi connectivity index (χ0v) is 38.4. The number of hydrogen-bond donors (Lipinski definition) is 0. The van der Waals surface area contributed by atoms with E-state index in [0.717, 1.165) is 44.6 Å². The molecule has 0 saturated carbocycles. The fraction of sp³-hybridized carbons (Fsp3) is 0.278. The van der Waals surface area contributed by atoms with E-state index in [1.54, 1.807) is 0 Å². The third kappa shape index (κ3) is 9.33. The van der Waals surface area contributed by atoms with Crippen LogP contribution in [0.4, 0.5) is 0 Å². The Morgan fingerprint density at radius 3 is 1.81 bits per heavy atom. The minimum atomic E-state index is 0. The summed E-state index contributed by atoms with van der Waals surface area (Å²) in [6.45, 7) is 22.5. The molecule has 1 radical (unpaired) electrons. The summed E-state index contributed by atoms with van der Waals surface area (Å²) in [5, 5.41) is 2.05. The van der Waals surface area contributed by atoms with Gasteiger partial charge in [0.1, 0.15) is 0 Å². The molecule has 59 heavy (non-hydrogen) atoms. The first-order chi connectivity index (χ1) is 27.9. The van der Waals surface area contributed by atoms with Crippen molar-refractivity contribution in [1.29, 1.82) is 0 Å². The van der Waals surface area contributed by atoms with Crippen molar-refractivity contribution in [2.45, 2.75) is 87.0 Å². The van der Waals surface area contributed by atoms with Gasteiger partial charge in [-0.2, -0.15) is 0 Å². The number of fused-ring (bicyclic) bond motifs is 3. The third-order valence-corrected chi connectivity index (χ3v) is 11.2. The number of furan rings is 1. The van der Waals surface area contributed by atoms with E-state index in [9.17, 15) is 0 Å². The molecule has 0 spiro atoms. The van der Waals surface area contributed by atoms with E-state index in [2.05, 4.69) is 158 Å². The predicted octanol–water partition coefficient (Wildman–Crippen LogP) is 15.0. The van der Waals surface area contributed by atoms with Crippen LogP contribution in [0.1, 0.15) is 101 Å². The number of pyridine rings is 3. The quantitative estimate of drug-likeness (QED) is 0.135. The summed E-state index contributed by atoms with van der Waals surface area (Å²) in [5.41, 5.74) is 16.2. The molecule has 4 heterocycles. The number of aryl methyl sites for hydroxylation is 2. The zero-order chi connectivity index (χ0) is 41.1. The molecule has 0 aliphatic heterocycles. The minimum absolute atomic E-state index is 0.